The molecule has 94 valence electrons. The molecule has 1 rings (SSSR count). The Morgan fingerprint density at radius 3 is 2.47 bits per heavy atom. The number of likely N-dealkylation sites (tertiary alicyclic amines) is 1. The molecular formula is C14H23NOSi. The monoisotopic (exact) mass is 249 g/mol. The van der Waals surface area contributed by atoms with Gasteiger partial charge in [0.15, 0.2) is 0 Å². The van der Waals surface area contributed by atoms with E-state index < -0.39 is 8.07 Å². The summed E-state index contributed by atoms with van der Waals surface area (Å²) in [5.41, 5.74) is 4.80. The predicted molar refractivity (Wildman–Crippen MR) is 75.2 cm³/mol. The smallest absolute Gasteiger partial charge is 0.209 e. The SMILES string of the molecule is CC1(C)CN(C=O)CC/C1=C\C#C[Si](C)(C)C. The van der Waals surface area contributed by atoms with E-state index in [0.29, 0.717) is 0 Å². The molecule has 0 saturated carbocycles. The van der Waals surface area contributed by atoms with Crippen LogP contribution in [0.4, 0.5) is 0 Å². The first-order chi connectivity index (χ1) is 7.74. The van der Waals surface area contributed by atoms with Crippen LogP contribution in [0.2, 0.25) is 19.6 Å². The summed E-state index contributed by atoms with van der Waals surface area (Å²) >= 11 is 0. The van der Waals surface area contributed by atoms with Crippen LogP contribution in [0.1, 0.15) is 20.3 Å². The normalized spacial score (nSPS) is 21.9. The predicted octanol–water partition coefficient (Wildman–Crippen LogP) is 2.68. The molecule has 0 spiro atoms. The minimum Gasteiger partial charge on any atom is -0.344 e. The van der Waals surface area contributed by atoms with Crippen molar-refractivity contribution in [2.45, 2.75) is 39.9 Å². The van der Waals surface area contributed by atoms with Crippen molar-refractivity contribution < 1.29 is 4.79 Å². The Hall–Kier alpha value is -1.01. The molecule has 1 aliphatic heterocycles. The van der Waals surface area contributed by atoms with Crippen molar-refractivity contribution in [2.75, 3.05) is 13.1 Å². The van der Waals surface area contributed by atoms with Crippen molar-refractivity contribution in [2.24, 2.45) is 5.41 Å². The van der Waals surface area contributed by atoms with Gasteiger partial charge in [-0.25, -0.2) is 0 Å². The molecule has 0 aromatic carbocycles. The fraction of sp³-hybridized carbons (Fsp3) is 0.643. The molecule has 3 heteroatoms. The molecular weight excluding hydrogens is 226 g/mol. The summed E-state index contributed by atoms with van der Waals surface area (Å²) < 4.78 is 0. The number of piperidine rings is 1. The maximum absolute atomic E-state index is 10.8. The van der Waals surface area contributed by atoms with Gasteiger partial charge in [-0.1, -0.05) is 45.0 Å². The van der Waals surface area contributed by atoms with Crippen LogP contribution in [0.25, 0.3) is 0 Å². The standard InChI is InChI=1S/C14H23NOSi/c1-14(2)11-15(12-16)9-8-13(14)7-6-10-17(3,4)5/h7,12H,8-9,11H2,1-5H3/b13-7+. The maximum Gasteiger partial charge on any atom is 0.209 e. The highest BCUT2D eigenvalue weighted by molar-refractivity contribution is 6.83. The Morgan fingerprint density at radius 1 is 1.35 bits per heavy atom. The van der Waals surface area contributed by atoms with Gasteiger partial charge in [0.1, 0.15) is 8.07 Å². The first kappa shape index (κ1) is 14.0. The topological polar surface area (TPSA) is 20.3 Å². The van der Waals surface area contributed by atoms with E-state index in [9.17, 15) is 4.79 Å². The molecule has 0 atom stereocenters. The third kappa shape index (κ3) is 4.39. The average Bonchev–Trinajstić information content (AvgIpc) is 2.18. The Kier molecular flexibility index (Phi) is 4.21. The third-order valence-electron chi connectivity index (χ3n) is 2.98. The van der Waals surface area contributed by atoms with E-state index in [0.717, 1.165) is 25.9 Å². The van der Waals surface area contributed by atoms with Gasteiger partial charge in [-0.05, 0) is 12.5 Å². The Balaban J connectivity index is 2.81. The van der Waals surface area contributed by atoms with E-state index >= 15 is 0 Å². The van der Waals surface area contributed by atoms with E-state index in [1.165, 1.54) is 5.57 Å². The van der Waals surface area contributed by atoms with Crippen LogP contribution in [0.5, 0.6) is 0 Å². The van der Waals surface area contributed by atoms with Crippen LogP contribution in [-0.4, -0.2) is 32.5 Å². The van der Waals surface area contributed by atoms with Gasteiger partial charge < -0.3 is 4.90 Å². The minimum absolute atomic E-state index is 0.0628. The zero-order chi connectivity index (χ0) is 13.1. The van der Waals surface area contributed by atoms with Crippen molar-refractivity contribution in [1.29, 1.82) is 0 Å². The third-order valence-corrected chi connectivity index (χ3v) is 3.87. The van der Waals surface area contributed by atoms with E-state index in [-0.39, 0.29) is 5.41 Å². The number of hydrogen-bond acceptors (Lipinski definition) is 1. The summed E-state index contributed by atoms with van der Waals surface area (Å²) in [6, 6.07) is 0. The highest BCUT2D eigenvalue weighted by Crippen LogP contribution is 2.33. The van der Waals surface area contributed by atoms with Gasteiger partial charge in [-0.3, -0.25) is 4.79 Å². The van der Waals surface area contributed by atoms with Gasteiger partial charge in [-0.2, -0.15) is 0 Å². The molecule has 1 fully saturated rings. The lowest BCUT2D eigenvalue weighted by atomic mass is 9.79. The van der Waals surface area contributed by atoms with Crippen molar-refractivity contribution in [3.8, 4) is 11.5 Å². The molecule has 0 aliphatic carbocycles. The molecule has 2 nitrogen and oxygen atoms in total. The van der Waals surface area contributed by atoms with Gasteiger partial charge in [0.25, 0.3) is 0 Å². The van der Waals surface area contributed by atoms with E-state index in [4.69, 9.17) is 0 Å². The summed E-state index contributed by atoms with van der Waals surface area (Å²) in [5.74, 6) is 3.23. The molecule has 1 heterocycles. The van der Waals surface area contributed by atoms with Crippen LogP contribution in [0, 0.1) is 16.9 Å². The molecule has 0 bridgehead atoms. The Morgan fingerprint density at radius 2 is 2.00 bits per heavy atom. The Labute approximate surface area is 106 Å². The number of rotatable bonds is 1. The van der Waals surface area contributed by atoms with Crippen LogP contribution in [0.3, 0.4) is 0 Å². The highest BCUT2D eigenvalue weighted by Gasteiger charge is 2.29. The van der Waals surface area contributed by atoms with E-state index in [1.54, 1.807) is 0 Å². The molecule has 0 unspecified atom stereocenters. The number of nitrogens with zero attached hydrogens (tertiary/aromatic N) is 1. The van der Waals surface area contributed by atoms with Crippen molar-refractivity contribution in [1.82, 2.24) is 4.90 Å². The average molecular weight is 249 g/mol. The van der Waals surface area contributed by atoms with Crippen molar-refractivity contribution in [3.63, 3.8) is 0 Å². The number of hydrogen-bond donors (Lipinski definition) is 0. The lowest BCUT2D eigenvalue weighted by Crippen LogP contribution is -2.40. The van der Waals surface area contributed by atoms with Gasteiger partial charge >= 0.3 is 0 Å². The largest absolute Gasteiger partial charge is 0.344 e. The van der Waals surface area contributed by atoms with E-state index in [1.807, 2.05) is 4.90 Å². The molecule has 0 radical (unpaired) electrons. The number of carbonyl (C=O) groups excluding carboxylic acids is 1. The number of allylic oxidation sites excluding steroid dienone is 1. The van der Waals surface area contributed by atoms with Gasteiger partial charge in [0, 0.05) is 18.5 Å². The molecule has 17 heavy (non-hydrogen) atoms. The second-order valence-electron chi connectivity index (χ2n) is 6.40. The van der Waals surface area contributed by atoms with Crippen LogP contribution >= 0.6 is 0 Å². The van der Waals surface area contributed by atoms with Gasteiger partial charge in [0.05, 0.1) is 0 Å². The summed E-state index contributed by atoms with van der Waals surface area (Å²) in [6.07, 6.45) is 3.98. The van der Waals surface area contributed by atoms with Crippen LogP contribution < -0.4 is 0 Å². The van der Waals surface area contributed by atoms with Crippen molar-refractivity contribution in [3.05, 3.63) is 11.6 Å². The molecule has 0 aromatic rings. The quantitative estimate of drug-likeness (QED) is 0.397. The highest BCUT2D eigenvalue weighted by atomic mass is 28.3. The lowest BCUT2D eigenvalue weighted by molar-refractivity contribution is -0.119. The molecule has 1 amide bonds. The summed E-state index contributed by atoms with van der Waals surface area (Å²) in [4.78, 5) is 12.6. The molecule has 0 N–H and O–H groups in total. The van der Waals surface area contributed by atoms with Crippen LogP contribution in [-0.2, 0) is 4.79 Å². The zero-order valence-electron chi connectivity index (χ0n) is 11.6. The fourth-order valence-electron chi connectivity index (χ4n) is 1.99. The zero-order valence-corrected chi connectivity index (χ0v) is 12.6. The van der Waals surface area contributed by atoms with Gasteiger partial charge in [0.2, 0.25) is 6.41 Å². The minimum atomic E-state index is -1.28. The first-order valence-electron chi connectivity index (χ1n) is 6.16. The second kappa shape index (κ2) is 5.10. The summed E-state index contributed by atoms with van der Waals surface area (Å²) in [5, 5.41) is 0. The van der Waals surface area contributed by atoms with Gasteiger partial charge in [-0.15, -0.1) is 5.54 Å². The molecule has 1 saturated heterocycles. The Bertz CT molecular complexity index is 379. The van der Waals surface area contributed by atoms with E-state index in [2.05, 4.69) is 51.0 Å². The maximum atomic E-state index is 10.8. The molecule has 0 aromatic heterocycles. The molecule has 1 aliphatic rings. The van der Waals surface area contributed by atoms with Crippen LogP contribution in [0.15, 0.2) is 11.6 Å². The number of carbonyl (C=O) groups is 1. The summed E-state index contributed by atoms with van der Waals surface area (Å²) in [7, 11) is -1.28. The second-order valence-corrected chi connectivity index (χ2v) is 11.1. The fourth-order valence-corrected chi connectivity index (χ4v) is 2.49. The summed E-state index contributed by atoms with van der Waals surface area (Å²) in [6.45, 7) is 12.7. The lowest BCUT2D eigenvalue weighted by Gasteiger charge is -2.38. The first-order valence-corrected chi connectivity index (χ1v) is 9.66. The number of amides is 1. The van der Waals surface area contributed by atoms with Crippen molar-refractivity contribution >= 4 is 14.5 Å².